The lowest BCUT2D eigenvalue weighted by atomic mass is 9.74. The molecule has 1 aromatic carbocycles. The fourth-order valence-corrected chi connectivity index (χ4v) is 7.09. The number of rotatable bonds is 5. The Hall–Kier alpha value is -2.39. The number of piperidine rings is 2. The van der Waals surface area contributed by atoms with Crippen LogP contribution in [-0.2, 0) is 19.6 Å². The maximum Gasteiger partial charge on any atom is 0.414 e. The quantitative estimate of drug-likeness (QED) is 0.534. The lowest BCUT2D eigenvalue weighted by Gasteiger charge is -2.42. The van der Waals surface area contributed by atoms with Crippen LogP contribution in [0.5, 0.6) is 0 Å². The fourth-order valence-electron chi connectivity index (χ4n) is 7.09. The van der Waals surface area contributed by atoms with Gasteiger partial charge in [0.05, 0.1) is 18.4 Å². The molecule has 37 heavy (non-hydrogen) atoms. The van der Waals surface area contributed by atoms with E-state index in [1.165, 1.54) is 6.07 Å². The molecule has 0 bridgehead atoms. The summed E-state index contributed by atoms with van der Waals surface area (Å²) < 4.78 is 30.3. The van der Waals surface area contributed by atoms with Crippen molar-refractivity contribution < 1.29 is 28.2 Å². The highest BCUT2D eigenvalue weighted by molar-refractivity contribution is 5.91. The first kappa shape index (κ1) is 26.2. The predicted molar refractivity (Wildman–Crippen MR) is 137 cm³/mol. The summed E-state index contributed by atoms with van der Waals surface area (Å²) in [6, 6.07) is 5.41. The van der Waals surface area contributed by atoms with Crippen molar-refractivity contribution in [1.29, 1.82) is 0 Å². The molecular formula is C28H40FN3O5. The molecule has 9 heteroatoms. The van der Waals surface area contributed by atoms with Crippen LogP contribution in [0.2, 0.25) is 0 Å². The topological polar surface area (TPSA) is 71.6 Å². The zero-order valence-corrected chi connectivity index (χ0v) is 22.3. The van der Waals surface area contributed by atoms with Gasteiger partial charge in [-0.1, -0.05) is 0 Å². The van der Waals surface area contributed by atoms with Gasteiger partial charge in [0.15, 0.2) is 0 Å². The molecule has 1 aliphatic carbocycles. The van der Waals surface area contributed by atoms with E-state index in [0.717, 1.165) is 69.4 Å². The second-order valence-corrected chi connectivity index (χ2v) is 11.4. The van der Waals surface area contributed by atoms with Gasteiger partial charge in [-0.3, -0.25) is 4.90 Å². The van der Waals surface area contributed by atoms with Crippen LogP contribution in [0.4, 0.5) is 19.7 Å². The van der Waals surface area contributed by atoms with Crippen LogP contribution in [-0.4, -0.2) is 86.7 Å². The lowest BCUT2D eigenvalue weighted by molar-refractivity contribution is 0.0427. The van der Waals surface area contributed by atoms with E-state index in [0.29, 0.717) is 25.1 Å². The van der Waals surface area contributed by atoms with E-state index in [4.69, 9.17) is 14.2 Å². The van der Waals surface area contributed by atoms with Gasteiger partial charge in [-0.2, -0.15) is 0 Å². The van der Waals surface area contributed by atoms with E-state index in [9.17, 15) is 14.0 Å². The third-order valence-corrected chi connectivity index (χ3v) is 8.86. The number of nitrogens with zero attached hydrogens (tertiary/aromatic N) is 3. The average molecular weight is 518 g/mol. The molecule has 3 heterocycles. The first-order valence-electron chi connectivity index (χ1n) is 13.8. The van der Waals surface area contributed by atoms with E-state index in [1.54, 1.807) is 24.1 Å². The minimum Gasteiger partial charge on any atom is -0.447 e. The highest BCUT2D eigenvalue weighted by Gasteiger charge is 2.50. The molecule has 1 saturated carbocycles. The van der Waals surface area contributed by atoms with Gasteiger partial charge in [-0.25, -0.2) is 14.0 Å². The number of ether oxygens (including phenoxy) is 3. The first-order valence-corrected chi connectivity index (χ1v) is 13.8. The van der Waals surface area contributed by atoms with Crippen molar-refractivity contribution in [3.63, 3.8) is 0 Å². The van der Waals surface area contributed by atoms with E-state index >= 15 is 0 Å². The van der Waals surface area contributed by atoms with E-state index in [1.807, 2.05) is 18.7 Å². The van der Waals surface area contributed by atoms with Crippen LogP contribution in [0, 0.1) is 11.7 Å². The molecule has 0 aromatic heterocycles. The monoisotopic (exact) mass is 517 g/mol. The minimum absolute atomic E-state index is 0.112. The Kier molecular flexibility index (Phi) is 7.63. The summed E-state index contributed by atoms with van der Waals surface area (Å²) in [7, 11) is 1.57. The maximum absolute atomic E-state index is 14.3. The molecule has 4 aliphatic rings. The summed E-state index contributed by atoms with van der Waals surface area (Å²) >= 11 is 0. The predicted octanol–water partition coefficient (Wildman–Crippen LogP) is 4.55. The fraction of sp³-hybridized carbons (Fsp3) is 0.714. The van der Waals surface area contributed by atoms with Crippen molar-refractivity contribution in [3.05, 3.63) is 29.6 Å². The standard InChI is InChI=1S/C28H40FN3O5/c1-19(2)37-27(34)31-10-4-5-20-15-22(17-25(20)31)30-11-8-28(9-12-30)18-32(26(33)36-14-13-35-3)24-7-6-21(29)16-23(24)28/h6-7,16,19-20,22,25H,4-5,8-15,17-18H2,1-3H3. The Balaban J connectivity index is 1.25. The van der Waals surface area contributed by atoms with Crippen molar-refractivity contribution in [2.24, 2.45) is 5.92 Å². The molecule has 8 nitrogen and oxygen atoms in total. The minimum atomic E-state index is -0.405. The van der Waals surface area contributed by atoms with Crippen LogP contribution in [0.15, 0.2) is 18.2 Å². The number of carbonyl (C=O) groups is 2. The van der Waals surface area contributed by atoms with E-state index in [-0.39, 0.29) is 36.1 Å². The number of fused-ring (bicyclic) bond motifs is 3. The average Bonchev–Trinajstić information content (AvgIpc) is 3.44. The Labute approximate surface area is 219 Å². The summed E-state index contributed by atoms with van der Waals surface area (Å²) in [5, 5.41) is 0. The number of anilines is 1. The first-order chi connectivity index (χ1) is 17.8. The van der Waals surface area contributed by atoms with Gasteiger partial charge < -0.3 is 24.0 Å². The Morgan fingerprint density at radius 3 is 2.62 bits per heavy atom. The number of benzene rings is 1. The highest BCUT2D eigenvalue weighted by Crippen LogP contribution is 2.49. The van der Waals surface area contributed by atoms with Crippen molar-refractivity contribution in [2.75, 3.05) is 51.4 Å². The number of methoxy groups -OCH3 is 1. The van der Waals surface area contributed by atoms with Crippen LogP contribution < -0.4 is 4.90 Å². The molecule has 3 unspecified atom stereocenters. The number of hydrogen-bond donors (Lipinski definition) is 0. The number of amides is 2. The summed E-state index contributed by atoms with van der Waals surface area (Å²) in [6.07, 6.45) is 5.30. The Bertz CT molecular complexity index is 996. The van der Waals surface area contributed by atoms with Gasteiger partial charge in [0.1, 0.15) is 12.4 Å². The third-order valence-electron chi connectivity index (χ3n) is 8.86. The van der Waals surface area contributed by atoms with Gasteiger partial charge >= 0.3 is 12.2 Å². The summed E-state index contributed by atoms with van der Waals surface area (Å²) in [5.41, 5.74) is 1.40. The van der Waals surface area contributed by atoms with Crippen molar-refractivity contribution in [2.45, 2.75) is 76.0 Å². The second kappa shape index (κ2) is 10.8. The molecule has 0 radical (unpaired) electrons. The second-order valence-electron chi connectivity index (χ2n) is 11.4. The van der Waals surface area contributed by atoms with E-state index in [2.05, 4.69) is 4.90 Å². The number of carbonyl (C=O) groups excluding carboxylic acids is 2. The summed E-state index contributed by atoms with van der Waals surface area (Å²) in [5.74, 6) is 0.247. The third kappa shape index (κ3) is 5.17. The van der Waals surface area contributed by atoms with Crippen molar-refractivity contribution in [1.82, 2.24) is 9.80 Å². The maximum atomic E-state index is 14.3. The molecule has 3 atom stereocenters. The SMILES string of the molecule is COCCOC(=O)N1CC2(CCN(C3CC4CCCN(C(=O)OC(C)C)C4C3)CC2)c2cc(F)ccc21. The molecule has 3 aliphatic heterocycles. The summed E-state index contributed by atoms with van der Waals surface area (Å²) in [6.45, 7) is 7.39. The van der Waals surface area contributed by atoms with Crippen LogP contribution in [0.1, 0.15) is 57.9 Å². The number of halogens is 1. The molecule has 3 fully saturated rings. The molecule has 2 saturated heterocycles. The van der Waals surface area contributed by atoms with Crippen LogP contribution in [0.25, 0.3) is 0 Å². The van der Waals surface area contributed by atoms with Crippen LogP contribution >= 0.6 is 0 Å². The molecule has 204 valence electrons. The van der Waals surface area contributed by atoms with Crippen molar-refractivity contribution in [3.8, 4) is 0 Å². The Morgan fingerprint density at radius 1 is 1.11 bits per heavy atom. The van der Waals surface area contributed by atoms with Gasteiger partial charge in [-0.15, -0.1) is 0 Å². The van der Waals surface area contributed by atoms with Gasteiger partial charge in [0.2, 0.25) is 0 Å². The smallest absolute Gasteiger partial charge is 0.414 e. The Morgan fingerprint density at radius 2 is 1.89 bits per heavy atom. The molecule has 2 amide bonds. The number of likely N-dealkylation sites (tertiary alicyclic amines) is 2. The highest BCUT2D eigenvalue weighted by atomic mass is 19.1. The van der Waals surface area contributed by atoms with E-state index < -0.39 is 6.09 Å². The zero-order chi connectivity index (χ0) is 26.2. The molecule has 5 rings (SSSR count). The van der Waals surface area contributed by atoms with Gasteiger partial charge in [-0.05, 0) is 95.1 Å². The zero-order valence-electron chi connectivity index (χ0n) is 22.3. The van der Waals surface area contributed by atoms with Gasteiger partial charge in [0, 0.05) is 37.7 Å². The summed E-state index contributed by atoms with van der Waals surface area (Å²) in [4.78, 5) is 31.8. The molecule has 1 spiro atoms. The lowest BCUT2D eigenvalue weighted by Crippen LogP contribution is -2.49. The molecule has 1 aromatic rings. The normalized spacial score (nSPS) is 26.9. The largest absolute Gasteiger partial charge is 0.447 e. The van der Waals surface area contributed by atoms with Crippen molar-refractivity contribution >= 4 is 17.9 Å². The molecule has 0 N–H and O–H groups in total. The number of hydrogen-bond acceptors (Lipinski definition) is 6. The van der Waals surface area contributed by atoms with Gasteiger partial charge in [0.25, 0.3) is 0 Å². The van der Waals surface area contributed by atoms with Crippen LogP contribution in [0.3, 0.4) is 0 Å². The molecular weight excluding hydrogens is 477 g/mol.